The molecular weight excluding hydrogens is 278 g/mol. The Morgan fingerprint density at radius 3 is 3.00 bits per heavy atom. The molecule has 0 spiro atoms. The van der Waals surface area contributed by atoms with Gasteiger partial charge in [-0.1, -0.05) is 6.92 Å². The lowest BCUT2D eigenvalue weighted by Crippen LogP contribution is -2.39. The summed E-state index contributed by atoms with van der Waals surface area (Å²) in [6, 6.07) is 0. The highest BCUT2D eigenvalue weighted by Gasteiger charge is 2.21. The smallest absolute Gasteiger partial charge is 0.252 e. The molecule has 0 N–H and O–H groups in total. The lowest BCUT2D eigenvalue weighted by molar-refractivity contribution is -0.132. The van der Waals surface area contributed by atoms with Crippen LogP contribution in [-0.4, -0.2) is 43.5 Å². The summed E-state index contributed by atoms with van der Waals surface area (Å²) in [6.45, 7) is 8.01. The molecule has 1 unspecified atom stereocenters. The van der Waals surface area contributed by atoms with Crippen LogP contribution in [0.3, 0.4) is 0 Å². The second-order valence-electron chi connectivity index (χ2n) is 6.32. The van der Waals surface area contributed by atoms with Crippen LogP contribution in [-0.2, 0) is 11.2 Å². The Morgan fingerprint density at radius 1 is 1.41 bits per heavy atom. The summed E-state index contributed by atoms with van der Waals surface area (Å²) in [5, 5.41) is 4.19. The van der Waals surface area contributed by atoms with Gasteiger partial charge in [0.05, 0.1) is 0 Å². The molecule has 0 bridgehead atoms. The molecule has 1 aliphatic rings. The normalized spacial score (nSPS) is 18.9. The van der Waals surface area contributed by atoms with Gasteiger partial charge in [0.15, 0.2) is 0 Å². The van der Waals surface area contributed by atoms with Gasteiger partial charge in [0.1, 0.15) is 6.33 Å². The Hall–Kier alpha value is -1.98. The fraction of sp³-hybridized carbons (Fsp3) is 0.625. The number of carbonyl (C=O) groups excluding carboxylic acids is 1. The van der Waals surface area contributed by atoms with Crippen LogP contribution in [0.2, 0.25) is 0 Å². The van der Waals surface area contributed by atoms with Gasteiger partial charge in [0.25, 0.3) is 5.78 Å². The Bertz CT molecular complexity index is 693. The van der Waals surface area contributed by atoms with E-state index in [1.807, 2.05) is 18.7 Å². The molecule has 0 aliphatic carbocycles. The second kappa shape index (κ2) is 6.02. The molecule has 0 aromatic carbocycles. The molecule has 3 rings (SSSR count). The second-order valence-corrected chi connectivity index (χ2v) is 6.32. The third kappa shape index (κ3) is 2.82. The molecule has 3 heterocycles. The number of carbonyl (C=O) groups is 1. The minimum atomic E-state index is 0.254. The van der Waals surface area contributed by atoms with Crippen LogP contribution >= 0.6 is 0 Å². The third-order valence-electron chi connectivity index (χ3n) is 4.59. The highest BCUT2D eigenvalue weighted by atomic mass is 16.2. The van der Waals surface area contributed by atoms with Gasteiger partial charge in [-0.3, -0.25) is 4.79 Å². The first-order valence-electron chi connectivity index (χ1n) is 8.00. The quantitative estimate of drug-likeness (QED) is 0.869. The van der Waals surface area contributed by atoms with Crippen molar-refractivity contribution in [1.82, 2.24) is 24.5 Å². The van der Waals surface area contributed by atoms with E-state index in [0.717, 1.165) is 36.5 Å². The average molecular weight is 301 g/mol. The van der Waals surface area contributed by atoms with Crippen molar-refractivity contribution in [3.63, 3.8) is 0 Å². The van der Waals surface area contributed by atoms with Gasteiger partial charge < -0.3 is 4.90 Å². The summed E-state index contributed by atoms with van der Waals surface area (Å²) in [6.07, 6.45) is 5.12. The first-order chi connectivity index (χ1) is 10.6. The summed E-state index contributed by atoms with van der Waals surface area (Å²) in [4.78, 5) is 23.0. The predicted octanol–water partition coefficient (Wildman–Crippen LogP) is 1.93. The van der Waals surface area contributed by atoms with Gasteiger partial charge in [-0.25, -0.2) is 9.50 Å². The maximum Gasteiger partial charge on any atom is 0.252 e. The molecule has 1 amide bonds. The molecule has 118 valence electrons. The van der Waals surface area contributed by atoms with E-state index in [2.05, 4.69) is 22.0 Å². The minimum absolute atomic E-state index is 0.254. The molecule has 22 heavy (non-hydrogen) atoms. The van der Waals surface area contributed by atoms with Gasteiger partial charge in [0.2, 0.25) is 5.91 Å². The first kappa shape index (κ1) is 14.9. The number of rotatable bonds is 3. The zero-order valence-corrected chi connectivity index (χ0v) is 13.5. The van der Waals surface area contributed by atoms with Crippen molar-refractivity contribution in [2.75, 3.05) is 13.1 Å². The van der Waals surface area contributed by atoms with Crippen molar-refractivity contribution in [3.05, 3.63) is 23.3 Å². The maximum absolute atomic E-state index is 12.4. The van der Waals surface area contributed by atoms with E-state index >= 15 is 0 Å². The summed E-state index contributed by atoms with van der Waals surface area (Å²) in [7, 11) is 0. The zero-order valence-electron chi connectivity index (χ0n) is 13.5. The van der Waals surface area contributed by atoms with Gasteiger partial charge in [-0.2, -0.15) is 10.1 Å². The number of amides is 1. The monoisotopic (exact) mass is 301 g/mol. The summed E-state index contributed by atoms with van der Waals surface area (Å²) in [5.74, 6) is 1.49. The largest absolute Gasteiger partial charge is 0.342 e. The molecule has 1 aliphatic heterocycles. The number of likely N-dealkylation sites (tertiary alicyclic amines) is 1. The van der Waals surface area contributed by atoms with E-state index < -0.39 is 0 Å². The van der Waals surface area contributed by atoms with Gasteiger partial charge in [0, 0.05) is 30.9 Å². The molecule has 6 nitrogen and oxygen atoms in total. The predicted molar refractivity (Wildman–Crippen MR) is 83.6 cm³/mol. The van der Waals surface area contributed by atoms with Crippen molar-refractivity contribution >= 4 is 11.7 Å². The standard InChI is InChI=1S/C16H23N5O/c1-11-5-4-8-20(9-11)15(22)7-6-14-12(2)19-16-17-10-18-21(16)13(14)3/h10-11H,4-9H2,1-3H3. The van der Waals surface area contributed by atoms with Crippen LogP contribution < -0.4 is 0 Å². The fourth-order valence-electron chi connectivity index (χ4n) is 3.32. The van der Waals surface area contributed by atoms with Crippen molar-refractivity contribution in [3.8, 4) is 0 Å². The van der Waals surface area contributed by atoms with Crippen LogP contribution in [0, 0.1) is 19.8 Å². The number of aromatic nitrogens is 4. The SMILES string of the molecule is Cc1nc2ncnn2c(C)c1CCC(=O)N1CCCC(C)C1. The highest BCUT2D eigenvalue weighted by Crippen LogP contribution is 2.19. The lowest BCUT2D eigenvalue weighted by atomic mass is 9.99. The summed E-state index contributed by atoms with van der Waals surface area (Å²) in [5.41, 5.74) is 3.08. The molecule has 0 radical (unpaired) electrons. The number of nitrogens with zero attached hydrogens (tertiary/aromatic N) is 5. The lowest BCUT2D eigenvalue weighted by Gasteiger charge is -2.31. The van der Waals surface area contributed by atoms with Crippen LogP contribution in [0.25, 0.3) is 5.78 Å². The average Bonchev–Trinajstić information content (AvgIpc) is 2.95. The van der Waals surface area contributed by atoms with Crippen molar-refractivity contribution in [2.24, 2.45) is 5.92 Å². The number of hydrogen-bond donors (Lipinski definition) is 0. The Kier molecular flexibility index (Phi) is 4.09. The first-order valence-corrected chi connectivity index (χ1v) is 8.00. The van der Waals surface area contributed by atoms with Crippen LogP contribution in [0.5, 0.6) is 0 Å². The van der Waals surface area contributed by atoms with Gasteiger partial charge in [-0.05, 0) is 44.6 Å². The van der Waals surface area contributed by atoms with Crippen LogP contribution in [0.15, 0.2) is 6.33 Å². The molecule has 1 fully saturated rings. The van der Waals surface area contributed by atoms with E-state index in [0.29, 0.717) is 24.5 Å². The summed E-state index contributed by atoms with van der Waals surface area (Å²) >= 11 is 0. The zero-order chi connectivity index (χ0) is 15.7. The van der Waals surface area contributed by atoms with Gasteiger partial charge >= 0.3 is 0 Å². The van der Waals surface area contributed by atoms with E-state index in [1.165, 1.54) is 12.7 Å². The number of aryl methyl sites for hydroxylation is 2. The molecule has 6 heteroatoms. The number of piperidine rings is 1. The molecule has 1 saturated heterocycles. The van der Waals surface area contributed by atoms with Crippen LogP contribution in [0.4, 0.5) is 0 Å². The van der Waals surface area contributed by atoms with E-state index in [1.54, 1.807) is 4.52 Å². The van der Waals surface area contributed by atoms with E-state index in [9.17, 15) is 4.79 Å². The molecular formula is C16H23N5O. The molecule has 1 atom stereocenters. The summed E-state index contributed by atoms with van der Waals surface area (Å²) < 4.78 is 1.75. The van der Waals surface area contributed by atoms with E-state index in [4.69, 9.17) is 0 Å². The minimum Gasteiger partial charge on any atom is -0.342 e. The topological polar surface area (TPSA) is 63.4 Å². The van der Waals surface area contributed by atoms with Crippen molar-refractivity contribution in [1.29, 1.82) is 0 Å². The number of fused-ring (bicyclic) bond motifs is 1. The fourth-order valence-corrected chi connectivity index (χ4v) is 3.32. The number of hydrogen-bond acceptors (Lipinski definition) is 4. The van der Waals surface area contributed by atoms with Gasteiger partial charge in [-0.15, -0.1) is 0 Å². The maximum atomic E-state index is 12.4. The molecule has 2 aromatic heterocycles. The molecule has 2 aromatic rings. The third-order valence-corrected chi connectivity index (χ3v) is 4.59. The van der Waals surface area contributed by atoms with Crippen LogP contribution in [0.1, 0.15) is 43.1 Å². The Balaban J connectivity index is 1.72. The van der Waals surface area contributed by atoms with Crippen molar-refractivity contribution < 1.29 is 4.79 Å². The highest BCUT2D eigenvalue weighted by molar-refractivity contribution is 5.76. The molecule has 0 saturated carbocycles. The Morgan fingerprint density at radius 2 is 2.23 bits per heavy atom. The van der Waals surface area contributed by atoms with Crippen molar-refractivity contribution in [2.45, 2.75) is 46.5 Å². The van der Waals surface area contributed by atoms with E-state index in [-0.39, 0.29) is 5.91 Å². The Labute approximate surface area is 130 Å².